The Balaban J connectivity index is 1.64. The van der Waals surface area contributed by atoms with Crippen LogP contribution in [-0.2, 0) is 20.6 Å². The van der Waals surface area contributed by atoms with Crippen LogP contribution in [0.5, 0.6) is 0 Å². The van der Waals surface area contributed by atoms with Gasteiger partial charge in [-0.25, -0.2) is 17.1 Å². The molecule has 1 aliphatic heterocycles. The largest absolute Gasteiger partial charge is 0.326 e. The van der Waals surface area contributed by atoms with Gasteiger partial charge in [-0.1, -0.05) is 30.3 Å². The average molecular weight is 376 g/mol. The lowest BCUT2D eigenvalue weighted by atomic mass is 9.99. The first-order valence-electron chi connectivity index (χ1n) is 8.52. The van der Waals surface area contributed by atoms with Crippen molar-refractivity contribution in [2.24, 2.45) is 5.92 Å². The Hall–Kier alpha value is -2.25. The lowest BCUT2D eigenvalue weighted by molar-refractivity contribution is -0.120. The second-order valence-electron chi connectivity index (χ2n) is 6.44. The minimum Gasteiger partial charge on any atom is -0.326 e. The Morgan fingerprint density at radius 1 is 1.12 bits per heavy atom. The van der Waals surface area contributed by atoms with Crippen molar-refractivity contribution in [3.05, 3.63) is 66.0 Å². The Morgan fingerprint density at radius 2 is 1.81 bits per heavy atom. The summed E-state index contributed by atoms with van der Waals surface area (Å²) in [6, 6.07) is 14.5. The molecule has 0 radical (unpaired) electrons. The lowest BCUT2D eigenvalue weighted by Crippen LogP contribution is -2.44. The van der Waals surface area contributed by atoms with Crippen molar-refractivity contribution in [2.75, 3.05) is 18.4 Å². The average Bonchev–Trinajstić information content (AvgIpc) is 2.64. The van der Waals surface area contributed by atoms with Crippen molar-refractivity contribution in [3.63, 3.8) is 0 Å². The quantitative estimate of drug-likeness (QED) is 0.872. The number of rotatable bonds is 5. The third-order valence-corrected chi connectivity index (χ3v) is 6.27. The molecule has 1 atom stereocenters. The van der Waals surface area contributed by atoms with Gasteiger partial charge in [0.1, 0.15) is 5.82 Å². The first-order valence-corrected chi connectivity index (χ1v) is 10.1. The van der Waals surface area contributed by atoms with Crippen LogP contribution in [0.25, 0.3) is 0 Å². The van der Waals surface area contributed by atoms with Crippen LogP contribution in [-0.4, -0.2) is 31.7 Å². The van der Waals surface area contributed by atoms with E-state index in [1.165, 1.54) is 28.6 Å². The third kappa shape index (κ3) is 4.68. The molecule has 2 aromatic rings. The van der Waals surface area contributed by atoms with Crippen LogP contribution >= 0.6 is 0 Å². The van der Waals surface area contributed by atoms with Crippen molar-refractivity contribution in [1.82, 2.24) is 4.31 Å². The van der Waals surface area contributed by atoms with E-state index in [4.69, 9.17) is 0 Å². The number of nitrogens with one attached hydrogen (secondary N) is 1. The van der Waals surface area contributed by atoms with E-state index >= 15 is 0 Å². The number of nitrogens with zero attached hydrogens (tertiary/aromatic N) is 1. The number of sulfonamides is 1. The van der Waals surface area contributed by atoms with Gasteiger partial charge in [-0.2, -0.15) is 0 Å². The molecule has 0 aromatic heterocycles. The summed E-state index contributed by atoms with van der Waals surface area (Å²) >= 11 is 0. The SMILES string of the molecule is O=C(Nc1ccc(F)cc1)[C@H]1CCCN(S(=O)(=O)Cc2ccccc2)C1. The predicted molar refractivity (Wildman–Crippen MR) is 98.4 cm³/mol. The number of benzene rings is 2. The fourth-order valence-corrected chi connectivity index (χ4v) is 4.67. The van der Waals surface area contributed by atoms with Crippen LogP contribution in [0, 0.1) is 11.7 Å². The number of halogens is 1. The van der Waals surface area contributed by atoms with E-state index < -0.39 is 15.9 Å². The molecule has 5 nitrogen and oxygen atoms in total. The highest BCUT2D eigenvalue weighted by molar-refractivity contribution is 7.88. The normalized spacial score (nSPS) is 18.4. The Labute approximate surface area is 152 Å². The lowest BCUT2D eigenvalue weighted by Gasteiger charge is -2.31. The van der Waals surface area contributed by atoms with Crippen LogP contribution in [0.4, 0.5) is 10.1 Å². The molecule has 0 saturated carbocycles. The van der Waals surface area contributed by atoms with Gasteiger partial charge in [0, 0.05) is 18.8 Å². The van der Waals surface area contributed by atoms with Gasteiger partial charge in [0.2, 0.25) is 15.9 Å². The third-order valence-electron chi connectivity index (χ3n) is 4.45. The number of carbonyl (C=O) groups is 1. The second-order valence-corrected chi connectivity index (χ2v) is 8.40. The van der Waals surface area contributed by atoms with Gasteiger partial charge in [0.15, 0.2) is 0 Å². The molecule has 1 saturated heterocycles. The van der Waals surface area contributed by atoms with Crippen LogP contribution in [0.1, 0.15) is 18.4 Å². The van der Waals surface area contributed by atoms with E-state index in [1.807, 2.05) is 6.07 Å². The fourth-order valence-electron chi connectivity index (χ4n) is 3.06. The van der Waals surface area contributed by atoms with Crippen LogP contribution in [0.15, 0.2) is 54.6 Å². The van der Waals surface area contributed by atoms with E-state index in [-0.39, 0.29) is 24.0 Å². The van der Waals surface area contributed by atoms with Crippen molar-refractivity contribution in [3.8, 4) is 0 Å². The van der Waals surface area contributed by atoms with Crippen LogP contribution in [0.3, 0.4) is 0 Å². The zero-order valence-electron chi connectivity index (χ0n) is 14.3. The summed E-state index contributed by atoms with van der Waals surface area (Å²) in [5, 5.41) is 2.73. The predicted octanol–water partition coefficient (Wildman–Crippen LogP) is 3.01. The van der Waals surface area contributed by atoms with E-state index in [0.29, 0.717) is 25.1 Å². The number of hydrogen-bond donors (Lipinski definition) is 1. The van der Waals surface area contributed by atoms with E-state index in [9.17, 15) is 17.6 Å². The van der Waals surface area contributed by atoms with Gasteiger partial charge in [0.05, 0.1) is 11.7 Å². The minimum absolute atomic E-state index is 0.0693. The highest BCUT2D eigenvalue weighted by Crippen LogP contribution is 2.23. The number of anilines is 1. The summed E-state index contributed by atoms with van der Waals surface area (Å²) < 4.78 is 39.7. The van der Waals surface area contributed by atoms with Crippen LogP contribution in [0.2, 0.25) is 0 Å². The van der Waals surface area contributed by atoms with Gasteiger partial charge in [-0.3, -0.25) is 4.79 Å². The maximum atomic E-state index is 13.0. The Kier molecular flexibility index (Phi) is 5.68. The molecule has 1 N–H and O–H groups in total. The monoisotopic (exact) mass is 376 g/mol. The molecular formula is C19H21FN2O3S. The summed E-state index contributed by atoms with van der Waals surface area (Å²) in [4.78, 5) is 12.5. The molecule has 1 aliphatic rings. The standard InChI is InChI=1S/C19H21FN2O3S/c20-17-8-10-18(11-9-17)21-19(23)16-7-4-12-22(13-16)26(24,25)14-15-5-2-1-3-6-15/h1-3,5-6,8-11,16H,4,7,12-14H2,(H,21,23)/t16-/m0/s1. The van der Waals surface area contributed by atoms with E-state index in [1.54, 1.807) is 24.3 Å². The first-order chi connectivity index (χ1) is 12.4. The van der Waals surface area contributed by atoms with Gasteiger partial charge in [-0.15, -0.1) is 0 Å². The second kappa shape index (κ2) is 7.97. The maximum absolute atomic E-state index is 13.0. The zero-order chi connectivity index (χ0) is 18.6. The van der Waals surface area contributed by atoms with Gasteiger partial charge in [0.25, 0.3) is 0 Å². The molecule has 0 unspecified atom stereocenters. The Bertz CT molecular complexity index is 854. The molecule has 0 bridgehead atoms. The van der Waals surface area contributed by atoms with Gasteiger partial charge >= 0.3 is 0 Å². The molecule has 0 aliphatic carbocycles. The summed E-state index contributed by atoms with van der Waals surface area (Å²) in [5.41, 5.74) is 1.23. The molecule has 26 heavy (non-hydrogen) atoms. The summed E-state index contributed by atoms with van der Waals surface area (Å²) in [6.45, 7) is 0.595. The molecule has 1 amide bonds. The zero-order valence-corrected chi connectivity index (χ0v) is 15.1. The summed E-state index contributed by atoms with van der Waals surface area (Å²) in [5.74, 6) is -1.10. The molecule has 3 rings (SSSR count). The van der Waals surface area contributed by atoms with E-state index in [0.717, 1.165) is 5.56 Å². The molecule has 138 valence electrons. The molecule has 2 aromatic carbocycles. The number of hydrogen-bond acceptors (Lipinski definition) is 3. The van der Waals surface area contributed by atoms with Crippen LogP contribution < -0.4 is 5.32 Å². The highest BCUT2D eigenvalue weighted by Gasteiger charge is 2.32. The number of amides is 1. The molecule has 1 heterocycles. The van der Waals surface area contributed by atoms with Crippen molar-refractivity contribution >= 4 is 21.6 Å². The maximum Gasteiger partial charge on any atom is 0.228 e. The van der Waals surface area contributed by atoms with Gasteiger partial charge in [-0.05, 0) is 42.7 Å². The van der Waals surface area contributed by atoms with Crippen molar-refractivity contribution < 1.29 is 17.6 Å². The van der Waals surface area contributed by atoms with Crippen molar-refractivity contribution in [1.29, 1.82) is 0 Å². The minimum atomic E-state index is -3.48. The van der Waals surface area contributed by atoms with Crippen molar-refractivity contribution in [2.45, 2.75) is 18.6 Å². The number of carbonyl (C=O) groups excluding carboxylic acids is 1. The van der Waals surface area contributed by atoms with Gasteiger partial charge < -0.3 is 5.32 Å². The molecule has 1 fully saturated rings. The molecular weight excluding hydrogens is 355 g/mol. The first kappa shape index (κ1) is 18.5. The topological polar surface area (TPSA) is 66.5 Å². The number of piperidine rings is 1. The Morgan fingerprint density at radius 3 is 2.50 bits per heavy atom. The highest BCUT2D eigenvalue weighted by atomic mass is 32.2. The smallest absolute Gasteiger partial charge is 0.228 e. The summed E-state index contributed by atoms with van der Waals surface area (Å²) in [7, 11) is -3.48. The molecule has 7 heteroatoms. The molecule has 0 spiro atoms. The fraction of sp³-hybridized carbons (Fsp3) is 0.316. The van der Waals surface area contributed by atoms with E-state index in [2.05, 4.69) is 5.32 Å². The summed E-state index contributed by atoms with van der Waals surface area (Å²) in [6.07, 6.45) is 1.26.